The Bertz CT molecular complexity index is 364. The summed E-state index contributed by atoms with van der Waals surface area (Å²) in [5.41, 5.74) is 2.75. The van der Waals surface area contributed by atoms with E-state index in [0.717, 1.165) is 0 Å². The van der Waals surface area contributed by atoms with E-state index in [1.807, 2.05) is 0 Å². The quantitative estimate of drug-likeness (QED) is 0.457. The number of rotatable bonds is 4. The molecule has 0 fully saturated rings. The predicted octanol–water partition coefficient (Wildman–Crippen LogP) is 2.35. The summed E-state index contributed by atoms with van der Waals surface area (Å²) in [6.07, 6.45) is 1.93. The van der Waals surface area contributed by atoms with E-state index >= 15 is 0 Å². The molecule has 15 heavy (non-hydrogen) atoms. The molecule has 0 saturated heterocycles. The van der Waals surface area contributed by atoms with Gasteiger partial charge >= 0.3 is 0 Å². The first-order chi connectivity index (χ1) is 7.11. The Balaban J connectivity index is 3.20. The van der Waals surface area contributed by atoms with Gasteiger partial charge in [-0.1, -0.05) is 12.1 Å². The number of nitrogens with two attached hydrogens (primary N) is 1. The highest BCUT2D eigenvalue weighted by atomic mass is 19.1. The molecule has 0 aliphatic heterocycles. The zero-order valence-electron chi connectivity index (χ0n) is 8.56. The van der Waals surface area contributed by atoms with Crippen LogP contribution in [-0.2, 0) is 0 Å². The van der Waals surface area contributed by atoms with Crippen molar-refractivity contribution in [2.75, 3.05) is 0 Å². The van der Waals surface area contributed by atoms with Crippen LogP contribution in [0.15, 0.2) is 24.8 Å². The Morgan fingerprint density at radius 3 is 2.73 bits per heavy atom. The van der Waals surface area contributed by atoms with Crippen molar-refractivity contribution in [2.45, 2.75) is 19.4 Å². The minimum absolute atomic E-state index is 0.0302. The maximum atomic E-state index is 13.7. The van der Waals surface area contributed by atoms with Gasteiger partial charge in [0.05, 0.1) is 6.04 Å². The lowest BCUT2D eigenvalue weighted by Gasteiger charge is -2.16. The highest BCUT2D eigenvalue weighted by Gasteiger charge is 2.19. The molecule has 0 radical (unpaired) electrons. The van der Waals surface area contributed by atoms with Crippen LogP contribution in [0.1, 0.15) is 23.6 Å². The summed E-state index contributed by atoms with van der Waals surface area (Å²) in [4.78, 5) is 0. The highest BCUT2D eigenvalue weighted by Crippen LogP contribution is 2.25. The molecule has 0 amide bonds. The zero-order chi connectivity index (χ0) is 11.4. The second-order valence-electron chi connectivity index (χ2n) is 3.34. The van der Waals surface area contributed by atoms with Crippen molar-refractivity contribution in [3.8, 4) is 0 Å². The highest BCUT2D eigenvalue weighted by molar-refractivity contribution is 5.29. The van der Waals surface area contributed by atoms with Crippen molar-refractivity contribution < 1.29 is 8.78 Å². The number of benzene rings is 1. The molecule has 82 valence electrons. The first-order valence-electron chi connectivity index (χ1n) is 4.63. The lowest BCUT2D eigenvalue weighted by Crippen LogP contribution is -2.29. The standard InChI is InChI=1S/C11H14F2N2/c1-3-4-9(15-14)10-8(12)6-5-7(2)11(10)13/h3,5-6,9,15H,1,4,14H2,2H3. The molecule has 4 heteroatoms. The van der Waals surface area contributed by atoms with Crippen molar-refractivity contribution in [3.05, 3.63) is 47.5 Å². The van der Waals surface area contributed by atoms with Crippen LogP contribution in [-0.4, -0.2) is 0 Å². The van der Waals surface area contributed by atoms with Gasteiger partial charge in [-0.15, -0.1) is 6.58 Å². The van der Waals surface area contributed by atoms with Gasteiger partial charge in [0.2, 0.25) is 0 Å². The van der Waals surface area contributed by atoms with Crippen molar-refractivity contribution >= 4 is 0 Å². The van der Waals surface area contributed by atoms with Gasteiger partial charge < -0.3 is 0 Å². The molecule has 0 aromatic heterocycles. The first-order valence-corrected chi connectivity index (χ1v) is 4.63. The van der Waals surface area contributed by atoms with Crippen molar-refractivity contribution in [2.24, 2.45) is 5.84 Å². The van der Waals surface area contributed by atoms with Gasteiger partial charge in [-0.2, -0.15) is 0 Å². The minimum atomic E-state index is -0.595. The molecule has 3 N–H and O–H groups in total. The van der Waals surface area contributed by atoms with Gasteiger partial charge in [-0.05, 0) is 25.0 Å². The Kier molecular flexibility index (Phi) is 3.94. The molecule has 0 spiro atoms. The van der Waals surface area contributed by atoms with E-state index in [9.17, 15) is 8.78 Å². The molecular formula is C11H14F2N2. The second kappa shape index (κ2) is 5.00. The van der Waals surface area contributed by atoms with Gasteiger partial charge in [0.25, 0.3) is 0 Å². The van der Waals surface area contributed by atoms with Crippen LogP contribution in [0.5, 0.6) is 0 Å². The summed E-state index contributed by atoms with van der Waals surface area (Å²) >= 11 is 0. The van der Waals surface area contributed by atoms with Crippen LogP contribution < -0.4 is 11.3 Å². The number of hydrogen-bond acceptors (Lipinski definition) is 2. The first kappa shape index (κ1) is 11.8. The Morgan fingerprint density at radius 2 is 2.20 bits per heavy atom. The van der Waals surface area contributed by atoms with Gasteiger partial charge in [0, 0.05) is 5.56 Å². The Labute approximate surface area is 87.8 Å². The van der Waals surface area contributed by atoms with E-state index in [2.05, 4.69) is 12.0 Å². The van der Waals surface area contributed by atoms with Crippen LogP contribution in [0.3, 0.4) is 0 Å². The van der Waals surface area contributed by atoms with Crippen molar-refractivity contribution in [1.29, 1.82) is 0 Å². The molecular weight excluding hydrogens is 198 g/mol. The maximum Gasteiger partial charge on any atom is 0.133 e. The lowest BCUT2D eigenvalue weighted by molar-refractivity contribution is 0.474. The largest absolute Gasteiger partial charge is 0.271 e. The van der Waals surface area contributed by atoms with E-state index in [4.69, 9.17) is 5.84 Å². The fourth-order valence-corrected chi connectivity index (χ4v) is 1.43. The summed E-state index contributed by atoms with van der Waals surface area (Å²) < 4.78 is 27.1. The topological polar surface area (TPSA) is 38.0 Å². The third-order valence-corrected chi connectivity index (χ3v) is 2.27. The van der Waals surface area contributed by atoms with Crippen LogP contribution in [0, 0.1) is 18.6 Å². The third kappa shape index (κ3) is 2.40. The van der Waals surface area contributed by atoms with Crippen LogP contribution in [0.25, 0.3) is 0 Å². The number of hydrogen-bond donors (Lipinski definition) is 2. The molecule has 1 rings (SSSR count). The van der Waals surface area contributed by atoms with Crippen LogP contribution in [0.4, 0.5) is 8.78 Å². The zero-order valence-corrected chi connectivity index (χ0v) is 8.56. The lowest BCUT2D eigenvalue weighted by atomic mass is 10.0. The summed E-state index contributed by atoms with van der Waals surface area (Å²) in [5, 5.41) is 0. The van der Waals surface area contributed by atoms with Gasteiger partial charge in [-0.3, -0.25) is 11.3 Å². The Morgan fingerprint density at radius 1 is 1.53 bits per heavy atom. The van der Waals surface area contributed by atoms with Crippen molar-refractivity contribution in [3.63, 3.8) is 0 Å². The smallest absolute Gasteiger partial charge is 0.133 e. The normalized spacial score (nSPS) is 12.5. The summed E-state index contributed by atoms with van der Waals surface area (Å²) in [6.45, 7) is 5.10. The average molecular weight is 212 g/mol. The molecule has 0 heterocycles. The number of halogens is 2. The summed E-state index contributed by atoms with van der Waals surface area (Å²) in [7, 11) is 0. The average Bonchev–Trinajstić information content (AvgIpc) is 2.22. The second-order valence-corrected chi connectivity index (χ2v) is 3.34. The van der Waals surface area contributed by atoms with E-state index in [1.165, 1.54) is 12.1 Å². The van der Waals surface area contributed by atoms with Gasteiger partial charge in [-0.25, -0.2) is 8.78 Å². The molecule has 1 aromatic rings. The number of nitrogens with one attached hydrogen (secondary N) is 1. The third-order valence-electron chi connectivity index (χ3n) is 2.27. The summed E-state index contributed by atoms with van der Waals surface area (Å²) in [5.74, 6) is 4.10. The van der Waals surface area contributed by atoms with E-state index < -0.39 is 17.7 Å². The molecule has 0 bridgehead atoms. The molecule has 0 aliphatic carbocycles. The SMILES string of the molecule is C=CCC(NN)c1c(F)ccc(C)c1F. The molecule has 2 nitrogen and oxygen atoms in total. The molecule has 1 unspecified atom stereocenters. The fourth-order valence-electron chi connectivity index (χ4n) is 1.43. The minimum Gasteiger partial charge on any atom is -0.271 e. The number of hydrazine groups is 1. The van der Waals surface area contributed by atoms with Crippen molar-refractivity contribution in [1.82, 2.24) is 5.43 Å². The predicted molar refractivity (Wildman–Crippen MR) is 56.0 cm³/mol. The molecule has 0 aliphatic rings. The summed E-state index contributed by atoms with van der Waals surface area (Å²) in [6, 6.07) is 2.05. The van der Waals surface area contributed by atoms with Crippen LogP contribution in [0.2, 0.25) is 0 Å². The van der Waals surface area contributed by atoms with E-state index in [1.54, 1.807) is 13.0 Å². The maximum absolute atomic E-state index is 13.7. The van der Waals surface area contributed by atoms with E-state index in [-0.39, 0.29) is 5.56 Å². The molecule has 1 aromatic carbocycles. The van der Waals surface area contributed by atoms with Gasteiger partial charge in [0.15, 0.2) is 0 Å². The number of aryl methyl sites for hydroxylation is 1. The van der Waals surface area contributed by atoms with E-state index in [0.29, 0.717) is 12.0 Å². The molecule has 0 saturated carbocycles. The van der Waals surface area contributed by atoms with Crippen LogP contribution >= 0.6 is 0 Å². The molecule has 1 atom stereocenters. The fraction of sp³-hybridized carbons (Fsp3) is 0.273. The van der Waals surface area contributed by atoms with Gasteiger partial charge in [0.1, 0.15) is 11.6 Å². The monoisotopic (exact) mass is 212 g/mol. The Hall–Kier alpha value is -1.26.